The molecular formula is C8H16N+. The minimum atomic E-state index is 0.853. The van der Waals surface area contributed by atoms with Crippen molar-refractivity contribution in [3.8, 4) is 0 Å². The normalized spacial score (nSPS) is 36.9. The first-order valence-corrected chi connectivity index (χ1v) is 3.74. The predicted octanol–water partition coefficient (Wildman–Crippen LogP) is 1.38. The summed E-state index contributed by atoms with van der Waals surface area (Å²) >= 11 is 0. The molecule has 2 unspecified atom stereocenters. The van der Waals surface area contributed by atoms with Gasteiger partial charge in [0.2, 0.25) is 0 Å². The van der Waals surface area contributed by atoms with Crippen molar-refractivity contribution in [3.05, 3.63) is 0 Å². The molecule has 0 radical (unpaired) electrons. The van der Waals surface area contributed by atoms with Gasteiger partial charge in [-0.1, -0.05) is 13.8 Å². The molecule has 1 aliphatic rings. The van der Waals surface area contributed by atoms with Crippen LogP contribution >= 0.6 is 0 Å². The van der Waals surface area contributed by atoms with Crippen molar-refractivity contribution >= 4 is 6.72 Å². The smallest absolute Gasteiger partial charge is 0.144 e. The molecule has 52 valence electrons. The van der Waals surface area contributed by atoms with Crippen LogP contribution in [0.2, 0.25) is 0 Å². The Kier molecular flexibility index (Phi) is 1.89. The third-order valence-corrected chi connectivity index (χ3v) is 1.94. The van der Waals surface area contributed by atoms with Crippen LogP contribution in [0.25, 0.3) is 0 Å². The van der Waals surface area contributed by atoms with E-state index in [4.69, 9.17) is 0 Å². The van der Waals surface area contributed by atoms with Gasteiger partial charge in [-0.3, -0.25) is 0 Å². The molecule has 0 aromatic heterocycles. The van der Waals surface area contributed by atoms with Crippen LogP contribution in [0.4, 0.5) is 0 Å². The first kappa shape index (κ1) is 6.79. The van der Waals surface area contributed by atoms with Crippen molar-refractivity contribution in [2.24, 2.45) is 11.8 Å². The molecule has 1 nitrogen and oxygen atoms in total. The van der Waals surface area contributed by atoms with Gasteiger partial charge in [0, 0.05) is 11.8 Å². The highest BCUT2D eigenvalue weighted by Gasteiger charge is 2.21. The Morgan fingerprint density at radius 3 is 2.00 bits per heavy atom. The van der Waals surface area contributed by atoms with E-state index in [1.807, 2.05) is 0 Å². The van der Waals surface area contributed by atoms with E-state index in [9.17, 15) is 0 Å². The third kappa shape index (κ3) is 1.81. The zero-order valence-corrected chi connectivity index (χ0v) is 6.43. The summed E-state index contributed by atoms with van der Waals surface area (Å²) in [6.07, 6.45) is 1.38. The first-order chi connectivity index (χ1) is 4.18. The Balaban J connectivity index is 2.43. The lowest BCUT2D eigenvalue weighted by Gasteiger charge is -2.20. The number of piperidine rings is 1. The standard InChI is InChI=1S/C8H16N/c1-7-4-8(2)6-9(3)5-7/h7-8H,3-6H2,1-2H3/q+1. The van der Waals surface area contributed by atoms with Crippen LogP contribution in [0.3, 0.4) is 0 Å². The lowest BCUT2D eigenvalue weighted by atomic mass is 9.93. The zero-order valence-electron chi connectivity index (χ0n) is 6.43. The Morgan fingerprint density at radius 1 is 1.22 bits per heavy atom. The van der Waals surface area contributed by atoms with Crippen molar-refractivity contribution in [2.75, 3.05) is 13.1 Å². The highest BCUT2D eigenvalue weighted by Crippen LogP contribution is 2.16. The Hall–Kier alpha value is -0.330. The van der Waals surface area contributed by atoms with Crippen LogP contribution < -0.4 is 0 Å². The van der Waals surface area contributed by atoms with Gasteiger partial charge in [-0.2, -0.15) is 0 Å². The fraction of sp³-hybridized carbons (Fsp3) is 0.875. The van der Waals surface area contributed by atoms with Crippen molar-refractivity contribution in [1.82, 2.24) is 0 Å². The molecule has 1 saturated heterocycles. The van der Waals surface area contributed by atoms with Gasteiger partial charge in [-0.15, -0.1) is 0 Å². The highest BCUT2D eigenvalue weighted by atomic mass is 15.0. The molecule has 2 atom stereocenters. The molecule has 0 aliphatic carbocycles. The van der Waals surface area contributed by atoms with E-state index >= 15 is 0 Å². The summed E-state index contributed by atoms with van der Waals surface area (Å²) in [7, 11) is 0. The number of hydrogen-bond acceptors (Lipinski definition) is 0. The number of hydrogen-bond donors (Lipinski definition) is 0. The van der Waals surface area contributed by atoms with Gasteiger partial charge >= 0.3 is 0 Å². The van der Waals surface area contributed by atoms with E-state index in [1.165, 1.54) is 19.5 Å². The lowest BCUT2D eigenvalue weighted by molar-refractivity contribution is -0.544. The molecule has 0 N–H and O–H groups in total. The molecule has 0 aromatic rings. The van der Waals surface area contributed by atoms with Gasteiger partial charge in [0.25, 0.3) is 0 Å². The Bertz CT molecular complexity index is 106. The van der Waals surface area contributed by atoms with Gasteiger partial charge in [-0.05, 0) is 6.42 Å². The van der Waals surface area contributed by atoms with E-state index < -0.39 is 0 Å². The molecule has 9 heavy (non-hydrogen) atoms. The second-order valence-electron chi connectivity index (χ2n) is 3.48. The summed E-state index contributed by atoms with van der Waals surface area (Å²) in [6.45, 7) is 10.9. The molecule has 0 aromatic carbocycles. The fourth-order valence-corrected chi connectivity index (χ4v) is 1.79. The molecule has 1 heterocycles. The summed E-state index contributed by atoms with van der Waals surface area (Å²) in [6, 6.07) is 0. The van der Waals surface area contributed by atoms with Crippen molar-refractivity contribution in [2.45, 2.75) is 20.3 Å². The van der Waals surface area contributed by atoms with E-state index in [0.717, 1.165) is 11.8 Å². The van der Waals surface area contributed by atoms with Crippen molar-refractivity contribution < 1.29 is 4.58 Å². The second kappa shape index (κ2) is 2.51. The summed E-state index contributed by atoms with van der Waals surface area (Å²) in [4.78, 5) is 0. The maximum Gasteiger partial charge on any atom is 0.144 e. The molecule has 0 saturated carbocycles. The van der Waals surface area contributed by atoms with E-state index in [2.05, 4.69) is 25.1 Å². The van der Waals surface area contributed by atoms with Crippen LogP contribution in [-0.2, 0) is 0 Å². The summed E-state index contributed by atoms with van der Waals surface area (Å²) in [5, 5.41) is 0. The minimum absolute atomic E-state index is 0.853. The summed E-state index contributed by atoms with van der Waals surface area (Å²) in [5.74, 6) is 1.71. The largest absolute Gasteiger partial charge is 0.242 e. The van der Waals surface area contributed by atoms with E-state index in [-0.39, 0.29) is 0 Å². The van der Waals surface area contributed by atoms with Gasteiger partial charge in [-0.25, -0.2) is 4.58 Å². The van der Waals surface area contributed by atoms with Gasteiger partial charge in [0.15, 0.2) is 0 Å². The molecule has 1 fully saturated rings. The van der Waals surface area contributed by atoms with Gasteiger partial charge in [0.1, 0.15) is 19.8 Å². The Labute approximate surface area is 57.4 Å². The zero-order chi connectivity index (χ0) is 6.85. The van der Waals surface area contributed by atoms with E-state index in [1.54, 1.807) is 0 Å². The Morgan fingerprint density at radius 2 is 1.67 bits per heavy atom. The number of nitrogens with zero attached hydrogens (tertiary/aromatic N) is 1. The quantitative estimate of drug-likeness (QED) is 0.431. The monoisotopic (exact) mass is 126 g/mol. The molecular weight excluding hydrogens is 110 g/mol. The molecule has 1 rings (SSSR count). The maximum absolute atomic E-state index is 3.93. The van der Waals surface area contributed by atoms with Crippen LogP contribution in [0.5, 0.6) is 0 Å². The van der Waals surface area contributed by atoms with E-state index in [0.29, 0.717) is 0 Å². The summed E-state index contributed by atoms with van der Waals surface area (Å²) in [5.41, 5.74) is 0. The molecule has 0 bridgehead atoms. The van der Waals surface area contributed by atoms with Crippen LogP contribution in [0, 0.1) is 11.8 Å². The predicted molar refractivity (Wildman–Crippen MR) is 40.1 cm³/mol. The topological polar surface area (TPSA) is 3.01 Å². The van der Waals surface area contributed by atoms with Crippen LogP contribution in [-0.4, -0.2) is 24.4 Å². The molecule has 0 spiro atoms. The molecule has 0 amide bonds. The fourth-order valence-electron chi connectivity index (χ4n) is 1.79. The molecule has 1 heteroatoms. The average molecular weight is 126 g/mol. The van der Waals surface area contributed by atoms with Crippen LogP contribution in [0.1, 0.15) is 20.3 Å². The molecule has 1 aliphatic heterocycles. The van der Waals surface area contributed by atoms with Crippen molar-refractivity contribution in [1.29, 1.82) is 0 Å². The first-order valence-electron chi connectivity index (χ1n) is 3.74. The SMILES string of the molecule is C=[N+]1CC(C)CC(C)C1. The lowest BCUT2D eigenvalue weighted by Crippen LogP contribution is -2.30. The van der Waals surface area contributed by atoms with Gasteiger partial charge in [0.05, 0.1) is 0 Å². The second-order valence-corrected chi connectivity index (χ2v) is 3.48. The number of rotatable bonds is 0. The van der Waals surface area contributed by atoms with Crippen LogP contribution in [0.15, 0.2) is 0 Å². The minimum Gasteiger partial charge on any atom is -0.242 e. The van der Waals surface area contributed by atoms with Crippen molar-refractivity contribution in [3.63, 3.8) is 0 Å². The third-order valence-electron chi connectivity index (χ3n) is 1.94. The highest BCUT2D eigenvalue weighted by molar-refractivity contribution is 5.14. The van der Waals surface area contributed by atoms with Gasteiger partial charge < -0.3 is 0 Å². The summed E-state index contributed by atoms with van der Waals surface area (Å²) < 4.78 is 2.18. The average Bonchev–Trinajstić information content (AvgIpc) is 1.59. The maximum atomic E-state index is 3.93.